The summed E-state index contributed by atoms with van der Waals surface area (Å²) in [6.45, 7) is 2.79. The molecule has 2 aromatic heterocycles. The van der Waals surface area contributed by atoms with Gasteiger partial charge in [-0.15, -0.1) is 0 Å². The number of rotatable bonds is 3. The topological polar surface area (TPSA) is 82.2 Å². The number of aromatic nitrogens is 3. The van der Waals surface area contributed by atoms with E-state index in [1.807, 2.05) is 6.92 Å². The summed E-state index contributed by atoms with van der Waals surface area (Å²) in [4.78, 5) is 37.5. The first-order chi connectivity index (χ1) is 15.8. The first kappa shape index (κ1) is 24.0. The lowest BCUT2D eigenvalue weighted by Gasteiger charge is -2.43. The van der Waals surface area contributed by atoms with Crippen molar-refractivity contribution < 1.29 is 31.1 Å². The summed E-state index contributed by atoms with van der Waals surface area (Å²) in [5.41, 5.74) is -3.06. The Labute approximate surface area is 189 Å². The minimum atomic E-state index is -4.75. The van der Waals surface area contributed by atoms with E-state index >= 15 is 0 Å². The van der Waals surface area contributed by atoms with Gasteiger partial charge in [0, 0.05) is 50.2 Å². The summed E-state index contributed by atoms with van der Waals surface area (Å²) in [6, 6.07) is 0.605. The molecular weight excluding hydrogens is 468 g/mol. The number of hydrogen-bond donors (Lipinski definition) is 1. The molecule has 1 amide bonds. The third-order valence-corrected chi connectivity index (χ3v) is 6.35. The monoisotopic (exact) mass is 489 g/mol. The first-order valence-electron chi connectivity index (χ1n) is 10.6. The Bertz CT molecular complexity index is 1110. The Balaban J connectivity index is 1.34. The average molecular weight is 489 g/mol. The molecule has 2 aliphatic rings. The number of anilines is 1. The minimum Gasteiger partial charge on any atom is -0.339 e. The summed E-state index contributed by atoms with van der Waals surface area (Å²) in [7, 11) is 0. The highest BCUT2D eigenvalue weighted by Gasteiger charge is 2.41. The van der Waals surface area contributed by atoms with E-state index in [2.05, 4.69) is 15.0 Å². The van der Waals surface area contributed by atoms with Gasteiger partial charge in [0.05, 0.1) is 5.56 Å². The predicted molar refractivity (Wildman–Crippen MR) is 108 cm³/mol. The van der Waals surface area contributed by atoms with Gasteiger partial charge in [0.15, 0.2) is 0 Å². The third kappa shape index (κ3) is 4.73. The number of nitrogens with zero attached hydrogens (tertiary/aromatic N) is 4. The van der Waals surface area contributed by atoms with Crippen molar-refractivity contribution in [2.24, 2.45) is 5.92 Å². The molecule has 1 aliphatic carbocycles. The number of nitrogens with one attached hydrogen (secondary N) is 1. The van der Waals surface area contributed by atoms with Crippen LogP contribution in [-0.2, 0) is 17.1 Å². The Morgan fingerprint density at radius 2 is 1.71 bits per heavy atom. The van der Waals surface area contributed by atoms with Crippen LogP contribution in [0.4, 0.5) is 32.3 Å². The molecule has 2 fully saturated rings. The van der Waals surface area contributed by atoms with Crippen molar-refractivity contribution in [3.63, 3.8) is 0 Å². The second kappa shape index (κ2) is 8.58. The molecule has 7 nitrogen and oxygen atoms in total. The van der Waals surface area contributed by atoms with Gasteiger partial charge in [-0.05, 0) is 37.3 Å². The summed E-state index contributed by atoms with van der Waals surface area (Å²) in [6.07, 6.45) is -5.83. The lowest BCUT2D eigenvalue weighted by atomic mass is 9.71. The van der Waals surface area contributed by atoms with Crippen LogP contribution in [-0.4, -0.2) is 51.4 Å². The van der Waals surface area contributed by atoms with Gasteiger partial charge in [-0.3, -0.25) is 9.59 Å². The zero-order valence-corrected chi connectivity index (χ0v) is 18.0. The lowest BCUT2D eigenvalue weighted by Crippen LogP contribution is -2.56. The maximum absolute atomic E-state index is 13.0. The molecule has 0 bridgehead atoms. The molecule has 4 rings (SSSR count). The average Bonchev–Trinajstić information content (AvgIpc) is 2.72. The van der Waals surface area contributed by atoms with Gasteiger partial charge in [-0.1, -0.05) is 0 Å². The molecule has 0 spiro atoms. The molecule has 0 aromatic carbocycles. The molecule has 184 valence electrons. The number of carbonyl (C=O) groups is 1. The minimum absolute atomic E-state index is 0.114. The van der Waals surface area contributed by atoms with Crippen molar-refractivity contribution in [1.82, 2.24) is 19.9 Å². The summed E-state index contributed by atoms with van der Waals surface area (Å²) < 4.78 is 77.1. The van der Waals surface area contributed by atoms with E-state index in [9.17, 15) is 35.9 Å². The van der Waals surface area contributed by atoms with Crippen molar-refractivity contribution >= 4 is 11.9 Å². The van der Waals surface area contributed by atoms with Crippen LogP contribution in [0.1, 0.15) is 42.4 Å². The summed E-state index contributed by atoms with van der Waals surface area (Å²) >= 11 is 0. The smallest absolute Gasteiger partial charge is 0.339 e. The van der Waals surface area contributed by atoms with E-state index in [-0.39, 0.29) is 29.7 Å². The van der Waals surface area contributed by atoms with Crippen molar-refractivity contribution in [3.8, 4) is 0 Å². The predicted octanol–water partition coefficient (Wildman–Crippen LogP) is 3.43. The van der Waals surface area contributed by atoms with Crippen LogP contribution in [0.3, 0.4) is 0 Å². The molecule has 1 N–H and O–H groups in total. The SMILES string of the molecule is C[C@H]1CN(C(=O)C2CC(c3c[nH]c(=O)c(C(F)(F)F)c3)C2)CCN1c1ncc(C(F)(F)F)cn1. The van der Waals surface area contributed by atoms with Gasteiger partial charge in [-0.25, -0.2) is 9.97 Å². The van der Waals surface area contributed by atoms with Crippen molar-refractivity contribution in [2.75, 3.05) is 24.5 Å². The van der Waals surface area contributed by atoms with E-state index < -0.39 is 29.0 Å². The highest BCUT2D eigenvalue weighted by molar-refractivity contribution is 5.80. The number of H-pyrrole nitrogens is 1. The number of aromatic amines is 1. The zero-order chi connectivity index (χ0) is 24.8. The van der Waals surface area contributed by atoms with Gasteiger partial charge in [0.2, 0.25) is 11.9 Å². The maximum Gasteiger partial charge on any atom is 0.421 e. The van der Waals surface area contributed by atoms with E-state index in [1.54, 1.807) is 9.80 Å². The van der Waals surface area contributed by atoms with Crippen molar-refractivity contribution in [2.45, 2.75) is 44.1 Å². The number of pyridine rings is 1. The van der Waals surface area contributed by atoms with Crippen LogP contribution in [0, 0.1) is 5.92 Å². The van der Waals surface area contributed by atoms with Gasteiger partial charge >= 0.3 is 12.4 Å². The molecule has 1 aliphatic heterocycles. The Morgan fingerprint density at radius 1 is 1.06 bits per heavy atom. The Morgan fingerprint density at radius 3 is 2.26 bits per heavy atom. The second-order valence-electron chi connectivity index (χ2n) is 8.63. The van der Waals surface area contributed by atoms with Gasteiger partial charge < -0.3 is 14.8 Å². The van der Waals surface area contributed by atoms with E-state index in [0.717, 1.165) is 18.5 Å². The fraction of sp³-hybridized carbons (Fsp3) is 0.524. The summed E-state index contributed by atoms with van der Waals surface area (Å²) in [5.74, 6) is -0.565. The summed E-state index contributed by atoms with van der Waals surface area (Å²) in [5, 5.41) is 0. The lowest BCUT2D eigenvalue weighted by molar-refractivity contribution is -0.140. The number of alkyl halides is 6. The number of amides is 1. The highest BCUT2D eigenvalue weighted by Crippen LogP contribution is 2.43. The molecule has 3 heterocycles. The van der Waals surface area contributed by atoms with Crippen LogP contribution in [0.5, 0.6) is 0 Å². The van der Waals surface area contributed by atoms with E-state index in [4.69, 9.17) is 0 Å². The van der Waals surface area contributed by atoms with Crippen molar-refractivity contribution in [1.29, 1.82) is 0 Å². The molecular formula is C21H21F6N5O2. The molecule has 1 saturated carbocycles. The van der Waals surface area contributed by atoms with Gasteiger partial charge in [0.1, 0.15) is 5.56 Å². The molecule has 13 heteroatoms. The van der Waals surface area contributed by atoms with E-state index in [1.165, 1.54) is 6.20 Å². The quantitative estimate of drug-likeness (QED) is 0.669. The van der Waals surface area contributed by atoms with Crippen LogP contribution >= 0.6 is 0 Å². The number of halogens is 6. The van der Waals surface area contributed by atoms with Crippen LogP contribution < -0.4 is 10.5 Å². The normalized spacial score (nSPS) is 23.6. The molecule has 34 heavy (non-hydrogen) atoms. The van der Waals surface area contributed by atoms with Crippen LogP contribution in [0.2, 0.25) is 0 Å². The Kier molecular flexibility index (Phi) is 6.06. The molecule has 0 unspecified atom stereocenters. The fourth-order valence-electron chi connectivity index (χ4n) is 4.37. The first-order valence-corrected chi connectivity index (χ1v) is 10.6. The Hall–Kier alpha value is -3.12. The van der Waals surface area contributed by atoms with Crippen LogP contribution in [0.25, 0.3) is 0 Å². The third-order valence-electron chi connectivity index (χ3n) is 6.35. The molecule has 0 radical (unpaired) electrons. The van der Waals surface area contributed by atoms with Crippen LogP contribution in [0.15, 0.2) is 29.5 Å². The molecule has 1 saturated heterocycles. The largest absolute Gasteiger partial charge is 0.421 e. The van der Waals surface area contributed by atoms with Gasteiger partial charge in [0.25, 0.3) is 5.56 Å². The highest BCUT2D eigenvalue weighted by atomic mass is 19.4. The number of piperazine rings is 1. The second-order valence-corrected chi connectivity index (χ2v) is 8.63. The number of hydrogen-bond acceptors (Lipinski definition) is 5. The van der Waals surface area contributed by atoms with Gasteiger partial charge in [-0.2, -0.15) is 26.3 Å². The zero-order valence-electron chi connectivity index (χ0n) is 18.0. The van der Waals surface area contributed by atoms with Crippen molar-refractivity contribution in [3.05, 3.63) is 51.7 Å². The molecule has 2 aromatic rings. The maximum atomic E-state index is 13.0. The standard InChI is InChI=1S/C21H21F6N5O2/c1-11-10-31(2-3-32(11)19-29-8-15(9-30-19)20(22,23)24)18(34)13-4-12(5-13)14-6-16(21(25,26)27)17(33)28-7-14/h6-9,11-13H,2-5,10H2,1H3,(H,28,33)/t11-,12?,13?/m0/s1. The number of carbonyl (C=O) groups excluding carboxylic acids is 1. The molecule has 1 atom stereocenters. The fourth-order valence-corrected chi connectivity index (χ4v) is 4.37. The van der Waals surface area contributed by atoms with E-state index in [0.29, 0.717) is 38.0 Å².